The van der Waals surface area contributed by atoms with Crippen LogP contribution in [0.5, 0.6) is 0 Å². The standard InChI is InChI=1S/C56H52N6/c1-53(2)55(5,6)61(51(59-53)38-24-14-10-15-25-38)47-32-20-30-45(57-47)49-41-28-18-19-29-42(41)50(44-36-40(34-35-43(44)49)37-22-12-9-13-23-37)46-31-21-33-48(58-46)62-52(39-26-16-11-17-27-39)60-54(3,4)56(62,7)8/h9-36H,1-8H3. The number of aromatic nitrogens is 2. The zero-order chi connectivity index (χ0) is 43.0. The summed E-state index contributed by atoms with van der Waals surface area (Å²) in [5, 5.41) is 4.46. The molecule has 0 amide bonds. The Morgan fingerprint density at radius 2 is 0.726 bits per heavy atom. The quantitative estimate of drug-likeness (QED) is 0.151. The van der Waals surface area contributed by atoms with Gasteiger partial charge in [0.15, 0.2) is 0 Å². The maximum atomic E-state index is 5.61. The molecule has 4 heterocycles. The van der Waals surface area contributed by atoms with Gasteiger partial charge in [0.2, 0.25) is 0 Å². The fourth-order valence-corrected chi connectivity index (χ4v) is 9.25. The minimum absolute atomic E-state index is 0.358. The number of hydrogen-bond donors (Lipinski definition) is 0. The van der Waals surface area contributed by atoms with Crippen LogP contribution in [0.4, 0.5) is 11.6 Å². The molecule has 6 aromatic carbocycles. The summed E-state index contributed by atoms with van der Waals surface area (Å²) < 4.78 is 0. The average molecular weight is 809 g/mol. The second kappa shape index (κ2) is 14.3. The minimum atomic E-state index is -0.364. The summed E-state index contributed by atoms with van der Waals surface area (Å²) in [5.74, 6) is 3.59. The van der Waals surface area contributed by atoms with Crippen molar-refractivity contribution in [1.29, 1.82) is 0 Å². The maximum absolute atomic E-state index is 5.61. The number of pyridine rings is 2. The van der Waals surface area contributed by atoms with E-state index in [-0.39, 0.29) is 22.2 Å². The summed E-state index contributed by atoms with van der Waals surface area (Å²) in [6.07, 6.45) is 0. The van der Waals surface area contributed by atoms with E-state index in [0.717, 1.165) is 89.6 Å². The van der Waals surface area contributed by atoms with Crippen molar-refractivity contribution < 1.29 is 0 Å². The molecule has 2 aliphatic rings. The molecule has 2 aromatic heterocycles. The summed E-state index contributed by atoms with van der Waals surface area (Å²) in [5.41, 5.74) is 6.99. The molecule has 0 saturated carbocycles. The summed E-state index contributed by atoms with van der Waals surface area (Å²) >= 11 is 0. The lowest BCUT2D eigenvalue weighted by molar-refractivity contribution is 0.337. The molecule has 0 spiro atoms. The second-order valence-corrected chi connectivity index (χ2v) is 18.7. The number of aliphatic imine (C=N–C) groups is 2. The Bertz CT molecular complexity index is 3070. The van der Waals surface area contributed by atoms with Crippen molar-refractivity contribution in [2.24, 2.45) is 9.98 Å². The van der Waals surface area contributed by atoms with Gasteiger partial charge in [-0.25, -0.2) is 9.97 Å². The molecule has 306 valence electrons. The fraction of sp³-hybridized carbons (Fsp3) is 0.214. The molecule has 62 heavy (non-hydrogen) atoms. The van der Waals surface area contributed by atoms with Crippen molar-refractivity contribution in [3.8, 4) is 33.6 Å². The van der Waals surface area contributed by atoms with Gasteiger partial charge in [0.05, 0.1) is 33.5 Å². The van der Waals surface area contributed by atoms with Crippen LogP contribution in [0.2, 0.25) is 0 Å². The number of hydrogen-bond acceptors (Lipinski definition) is 6. The van der Waals surface area contributed by atoms with Crippen molar-refractivity contribution >= 4 is 44.9 Å². The molecule has 0 bridgehead atoms. The van der Waals surface area contributed by atoms with Gasteiger partial charge >= 0.3 is 0 Å². The van der Waals surface area contributed by atoms with Crippen molar-refractivity contribution in [1.82, 2.24) is 9.97 Å². The average Bonchev–Trinajstić information content (AvgIpc) is 3.60. The van der Waals surface area contributed by atoms with Crippen LogP contribution < -0.4 is 9.80 Å². The number of amidine groups is 2. The highest BCUT2D eigenvalue weighted by atomic mass is 15.4. The maximum Gasteiger partial charge on any atom is 0.137 e. The fourth-order valence-electron chi connectivity index (χ4n) is 9.25. The molecule has 0 N–H and O–H groups in total. The number of rotatable bonds is 7. The minimum Gasteiger partial charge on any atom is -0.303 e. The molecule has 0 aliphatic carbocycles. The van der Waals surface area contributed by atoms with E-state index < -0.39 is 0 Å². The van der Waals surface area contributed by atoms with Gasteiger partial charge in [-0.3, -0.25) is 9.98 Å². The van der Waals surface area contributed by atoms with Crippen molar-refractivity contribution in [3.05, 3.63) is 181 Å². The molecule has 0 radical (unpaired) electrons. The Labute approximate surface area is 365 Å². The zero-order valence-corrected chi connectivity index (χ0v) is 36.8. The van der Waals surface area contributed by atoms with Gasteiger partial charge in [0, 0.05) is 22.3 Å². The first-order valence-electron chi connectivity index (χ1n) is 21.7. The Balaban J connectivity index is 1.21. The predicted molar refractivity (Wildman–Crippen MR) is 261 cm³/mol. The van der Waals surface area contributed by atoms with Crippen LogP contribution >= 0.6 is 0 Å². The van der Waals surface area contributed by atoms with E-state index in [4.69, 9.17) is 20.0 Å². The first-order valence-corrected chi connectivity index (χ1v) is 21.7. The lowest BCUT2D eigenvalue weighted by Crippen LogP contribution is -2.53. The second-order valence-electron chi connectivity index (χ2n) is 18.7. The van der Waals surface area contributed by atoms with Crippen LogP contribution in [-0.2, 0) is 0 Å². The molecule has 10 rings (SSSR count). The SMILES string of the molecule is CC1(C)N=C(c2ccccc2)N(c2cccc(-c3c4ccccc4c(-c4cccc(N5C(c6ccccc6)=NC(C)(C)C5(C)C)n4)c4cc(-c5ccccc5)ccc34)n2)C1(C)C. The topological polar surface area (TPSA) is 57.0 Å². The molecule has 2 aliphatic heterocycles. The highest BCUT2D eigenvalue weighted by Crippen LogP contribution is 2.47. The highest BCUT2D eigenvalue weighted by molar-refractivity contribution is 6.22. The van der Waals surface area contributed by atoms with Gasteiger partial charge in [-0.05, 0) is 118 Å². The van der Waals surface area contributed by atoms with Gasteiger partial charge in [0.1, 0.15) is 23.3 Å². The third-order valence-corrected chi connectivity index (χ3v) is 13.9. The van der Waals surface area contributed by atoms with E-state index >= 15 is 0 Å². The van der Waals surface area contributed by atoms with Gasteiger partial charge in [-0.1, -0.05) is 140 Å². The van der Waals surface area contributed by atoms with Gasteiger partial charge < -0.3 is 9.80 Å². The van der Waals surface area contributed by atoms with E-state index in [1.54, 1.807) is 0 Å². The Hall–Kier alpha value is -6.92. The summed E-state index contributed by atoms with van der Waals surface area (Å²) in [6, 6.07) is 60.1. The third-order valence-electron chi connectivity index (χ3n) is 13.9. The van der Waals surface area contributed by atoms with Gasteiger partial charge in [-0.15, -0.1) is 0 Å². The highest BCUT2D eigenvalue weighted by Gasteiger charge is 2.51. The number of benzene rings is 6. The molecule has 6 heteroatoms. The predicted octanol–water partition coefficient (Wildman–Crippen LogP) is 13.4. The van der Waals surface area contributed by atoms with Gasteiger partial charge in [-0.2, -0.15) is 0 Å². The molecule has 8 aromatic rings. The Morgan fingerprint density at radius 1 is 0.339 bits per heavy atom. The van der Waals surface area contributed by atoms with E-state index in [9.17, 15) is 0 Å². The molecular weight excluding hydrogens is 757 g/mol. The lowest BCUT2D eigenvalue weighted by atomic mass is 9.83. The first-order chi connectivity index (χ1) is 29.8. The smallest absolute Gasteiger partial charge is 0.137 e. The monoisotopic (exact) mass is 808 g/mol. The van der Waals surface area contributed by atoms with Gasteiger partial charge in [0.25, 0.3) is 0 Å². The van der Waals surface area contributed by atoms with Crippen molar-refractivity contribution in [2.45, 2.75) is 77.5 Å². The van der Waals surface area contributed by atoms with E-state index in [1.165, 1.54) is 0 Å². The molecule has 0 atom stereocenters. The van der Waals surface area contributed by atoms with Crippen LogP contribution in [0.3, 0.4) is 0 Å². The van der Waals surface area contributed by atoms with E-state index in [1.807, 2.05) is 0 Å². The number of nitrogens with zero attached hydrogens (tertiary/aromatic N) is 6. The lowest BCUT2D eigenvalue weighted by Gasteiger charge is -2.41. The Morgan fingerprint density at radius 3 is 1.18 bits per heavy atom. The largest absolute Gasteiger partial charge is 0.303 e. The zero-order valence-electron chi connectivity index (χ0n) is 36.8. The van der Waals surface area contributed by atoms with Crippen LogP contribution in [0.25, 0.3) is 55.2 Å². The molecule has 6 nitrogen and oxygen atoms in total. The van der Waals surface area contributed by atoms with Crippen LogP contribution in [0.1, 0.15) is 66.5 Å². The summed E-state index contributed by atoms with van der Waals surface area (Å²) in [6.45, 7) is 17.9. The summed E-state index contributed by atoms with van der Waals surface area (Å²) in [7, 11) is 0. The Kier molecular flexibility index (Phi) is 9.07. The van der Waals surface area contributed by atoms with Crippen molar-refractivity contribution in [2.75, 3.05) is 9.80 Å². The number of fused-ring (bicyclic) bond motifs is 2. The van der Waals surface area contributed by atoms with Crippen LogP contribution in [-0.4, -0.2) is 43.8 Å². The molecule has 0 saturated heterocycles. The molecular formula is C56H52N6. The van der Waals surface area contributed by atoms with Crippen LogP contribution in [0, 0.1) is 0 Å². The normalized spacial score (nSPS) is 17.4. The molecule has 0 fully saturated rings. The van der Waals surface area contributed by atoms with Crippen LogP contribution in [0.15, 0.2) is 180 Å². The summed E-state index contributed by atoms with van der Waals surface area (Å²) in [4.78, 5) is 26.6. The van der Waals surface area contributed by atoms with Crippen molar-refractivity contribution in [3.63, 3.8) is 0 Å². The van der Waals surface area contributed by atoms with E-state index in [2.05, 4.69) is 235 Å². The first kappa shape index (κ1) is 39.2. The third kappa shape index (κ3) is 6.14. The number of anilines is 2. The molecule has 0 unspecified atom stereocenters. The van der Waals surface area contributed by atoms with E-state index in [0.29, 0.717) is 0 Å².